The summed E-state index contributed by atoms with van der Waals surface area (Å²) in [5, 5.41) is 3.15. The lowest BCUT2D eigenvalue weighted by molar-refractivity contribution is -0.114. The maximum absolute atomic E-state index is 10.9. The van der Waals surface area contributed by atoms with Crippen molar-refractivity contribution in [3.63, 3.8) is 0 Å². The van der Waals surface area contributed by atoms with Crippen molar-refractivity contribution in [1.82, 2.24) is 0 Å². The van der Waals surface area contributed by atoms with E-state index in [1.807, 2.05) is 6.92 Å². The van der Waals surface area contributed by atoms with Gasteiger partial charge in [0, 0.05) is 6.92 Å². The first-order valence-corrected chi connectivity index (χ1v) is 4.71. The zero-order valence-corrected chi connectivity index (χ0v) is 8.89. The van der Waals surface area contributed by atoms with Gasteiger partial charge in [-0.3, -0.25) is 4.79 Å². The Labute approximate surface area is 88.0 Å². The lowest BCUT2D eigenvalue weighted by Gasteiger charge is -2.11. The number of anilines is 1. The number of rotatable bonds is 3. The summed E-state index contributed by atoms with van der Waals surface area (Å²) in [6.07, 6.45) is 0. The van der Waals surface area contributed by atoms with Gasteiger partial charge in [-0.1, -0.05) is 17.7 Å². The highest BCUT2D eigenvalue weighted by Gasteiger charge is 2.08. The van der Waals surface area contributed by atoms with Gasteiger partial charge in [-0.15, -0.1) is 0 Å². The molecule has 0 saturated heterocycles. The van der Waals surface area contributed by atoms with Crippen molar-refractivity contribution in [1.29, 1.82) is 0 Å². The molecule has 0 radical (unpaired) electrons. The third-order valence-electron chi connectivity index (χ3n) is 1.57. The Hall–Kier alpha value is -1.22. The lowest BCUT2D eigenvalue weighted by Crippen LogP contribution is -2.08. The molecule has 0 heterocycles. The normalized spacial score (nSPS) is 9.64. The number of nitrogens with one attached hydrogen (secondary N) is 1. The van der Waals surface area contributed by atoms with Gasteiger partial charge in [0.05, 0.1) is 17.3 Å². The second-order valence-corrected chi connectivity index (χ2v) is 3.14. The highest BCUT2D eigenvalue weighted by molar-refractivity contribution is 6.32. The van der Waals surface area contributed by atoms with E-state index >= 15 is 0 Å². The molecule has 1 N–H and O–H groups in total. The second kappa shape index (κ2) is 4.86. The molecular weight excluding hydrogens is 202 g/mol. The predicted octanol–water partition coefficient (Wildman–Crippen LogP) is 2.70. The van der Waals surface area contributed by atoms with Crippen LogP contribution >= 0.6 is 11.6 Å². The molecule has 0 bridgehead atoms. The Bertz CT molecular complexity index is 339. The van der Waals surface area contributed by atoms with Crippen LogP contribution in [0.4, 0.5) is 5.69 Å². The molecule has 0 saturated carbocycles. The largest absolute Gasteiger partial charge is 0.490 e. The monoisotopic (exact) mass is 213 g/mol. The van der Waals surface area contributed by atoms with Crippen LogP contribution in [0.2, 0.25) is 5.02 Å². The summed E-state index contributed by atoms with van der Waals surface area (Å²) in [5.74, 6) is 0.375. The summed E-state index contributed by atoms with van der Waals surface area (Å²) in [6.45, 7) is 3.81. The van der Waals surface area contributed by atoms with Gasteiger partial charge in [0.1, 0.15) is 0 Å². The first-order valence-electron chi connectivity index (χ1n) is 4.34. The SMILES string of the molecule is CCOc1c(Cl)cccc1NC(C)=O. The Morgan fingerprint density at radius 2 is 2.29 bits per heavy atom. The average molecular weight is 214 g/mol. The van der Waals surface area contributed by atoms with E-state index in [2.05, 4.69) is 5.32 Å². The number of carbonyl (C=O) groups is 1. The minimum absolute atomic E-state index is 0.145. The molecule has 3 nitrogen and oxygen atoms in total. The van der Waals surface area contributed by atoms with Crippen LogP contribution in [0.25, 0.3) is 0 Å². The fourth-order valence-corrected chi connectivity index (χ4v) is 1.32. The molecule has 0 aromatic heterocycles. The van der Waals surface area contributed by atoms with Gasteiger partial charge < -0.3 is 10.1 Å². The maximum atomic E-state index is 10.9. The Balaban J connectivity index is 3.01. The van der Waals surface area contributed by atoms with Crippen LogP contribution in [0.15, 0.2) is 18.2 Å². The van der Waals surface area contributed by atoms with Crippen LogP contribution in [0.1, 0.15) is 13.8 Å². The fraction of sp³-hybridized carbons (Fsp3) is 0.300. The average Bonchev–Trinajstić information content (AvgIpc) is 2.10. The van der Waals surface area contributed by atoms with E-state index in [0.29, 0.717) is 23.1 Å². The molecular formula is C10H12ClNO2. The number of carbonyl (C=O) groups excluding carboxylic acids is 1. The number of halogens is 1. The number of ether oxygens (including phenoxy) is 1. The fourth-order valence-electron chi connectivity index (χ4n) is 1.09. The molecule has 0 spiro atoms. The number of hydrogen-bond acceptors (Lipinski definition) is 2. The minimum atomic E-state index is -0.145. The predicted molar refractivity (Wildman–Crippen MR) is 56.9 cm³/mol. The molecule has 76 valence electrons. The zero-order chi connectivity index (χ0) is 10.6. The first kappa shape index (κ1) is 10.9. The van der Waals surface area contributed by atoms with Gasteiger partial charge in [-0.2, -0.15) is 0 Å². The molecule has 0 unspecified atom stereocenters. The summed E-state index contributed by atoms with van der Waals surface area (Å²) in [5.41, 5.74) is 0.604. The zero-order valence-electron chi connectivity index (χ0n) is 8.13. The Morgan fingerprint density at radius 3 is 2.86 bits per heavy atom. The lowest BCUT2D eigenvalue weighted by atomic mass is 10.3. The molecule has 1 rings (SSSR count). The van der Waals surface area contributed by atoms with E-state index in [0.717, 1.165) is 0 Å². The number of para-hydroxylation sites is 1. The molecule has 4 heteroatoms. The Kier molecular flexibility index (Phi) is 3.77. The number of benzene rings is 1. The van der Waals surface area contributed by atoms with Gasteiger partial charge in [-0.05, 0) is 19.1 Å². The Morgan fingerprint density at radius 1 is 1.57 bits per heavy atom. The molecule has 1 amide bonds. The molecule has 0 aliphatic rings. The summed E-state index contributed by atoms with van der Waals surface area (Å²) >= 11 is 5.92. The van der Waals surface area contributed by atoms with Crippen molar-refractivity contribution in [3.8, 4) is 5.75 Å². The van der Waals surface area contributed by atoms with Crippen molar-refractivity contribution in [2.75, 3.05) is 11.9 Å². The topological polar surface area (TPSA) is 38.3 Å². The second-order valence-electron chi connectivity index (χ2n) is 2.73. The van der Waals surface area contributed by atoms with Gasteiger partial charge >= 0.3 is 0 Å². The van der Waals surface area contributed by atoms with Crippen molar-refractivity contribution in [2.24, 2.45) is 0 Å². The quantitative estimate of drug-likeness (QED) is 0.839. The molecule has 1 aromatic rings. The third-order valence-corrected chi connectivity index (χ3v) is 1.86. The minimum Gasteiger partial charge on any atom is -0.490 e. The summed E-state index contributed by atoms with van der Waals surface area (Å²) in [6, 6.07) is 5.23. The van der Waals surface area contributed by atoms with Gasteiger partial charge in [0.15, 0.2) is 5.75 Å². The smallest absolute Gasteiger partial charge is 0.221 e. The van der Waals surface area contributed by atoms with Crippen LogP contribution in [-0.2, 0) is 4.79 Å². The first-order chi connectivity index (χ1) is 6.65. The number of amides is 1. The van der Waals surface area contributed by atoms with E-state index in [-0.39, 0.29) is 5.91 Å². The van der Waals surface area contributed by atoms with E-state index in [4.69, 9.17) is 16.3 Å². The molecule has 0 aliphatic heterocycles. The standard InChI is InChI=1S/C10H12ClNO2/c1-3-14-10-8(11)5-4-6-9(10)12-7(2)13/h4-6H,3H2,1-2H3,(H,12,13). The van der Waals surface area contributed by atoms with Gasteiger partial charge in [-0.25, -0.2) is 0 Å². The summed E-state index contributed by atoms with van der Waals surface area (Å²) in [7, 11) is 0. The van der Waals surface area contributed by atoms with Crippen molar-refractivity contribution >= 4 is 23.2 Å². The van der Waals surface area contributed by atoms with Crippen LogP contribution < -0.4 is 10.1 Å². The van der Waals surface area contributed by atoms with Gasteiger partial charge in [0.2, 0.25) is 5.91 Å². The summed E-state index contributed by atoms with van der Waals surface area (Å²) < 4.78 is 5.32. The number of hydrogen-bond donors (Lipinski definition) is 1. The molecule has 0 aliphatic carbocycles. The molecule has 0 atom stereocenters. The summed E-state index contributed by atoms with van der Waals surface area (Å²) in [4.78, 5) is 10.9. The van der Waals surface area contributed by atoms with E-state index in [1.165, 1.54) is 6.92 Å². The van der Waals surface area contributed by atoms with Crippen molar-refractivity contribution < 1.29 is 9.53 Å². The molecule has 1 aromatic carbocycles. The van der Waals surface area contributed by atoms with E-state index in [9.17, 15) is 4.79 Å². The molecule has 0 fully saturated rings. The van der Waals surface area contributed by atoms with Crippen LogP contribution in [0.5, 0.6) is 5.75 Å². The third kappa shape index (κ3) is 2.64. The van der Waals surface area contributed by atoms with Gasteiger partial charge in [0.25, 0.3) is 0 Å². The van der Waals surface area contributed by atoms with E-state index in [1.54, 1.807) is 18.2 Å². The van der Waals surface area contributed by atoms with E-state index < -0.39 is 0 Å². The highest BCUT2D eigenvalue weighted by Crippen LogP contribution is 2.32. The maximum Gasteiger partial charge on any atom is 0.221 e. The van der Waals surface area contributed by atoms with Crippen molar-refractivity contribution in [3.05, 3.63) is 23.2 Å². The highest BCUT2D eigenvalue weighted by atomic mass is 35.5. The van der Waals surface area contributed by atoms with Crippen LogP contribution in [-0.4, -0.2) is 12.5 Å². The van der Waals surface area contributed by atoms with Crippen LogP contribution in [0.3, 0.4) is 0 Å². The van der Waals surface area contributed by atoms with Crippen LogP contribution in [0, 0.1) is 0 Å². The van der Waals surface area contributed by atoms with Crippen molar-refractivity contribution in [2.45, 2.75) is 13.8 Å². The molecule has 14 heavy (non-hydrogen) atoms.